The molecular formula is C11H14N2O2. The van der Waals surface area contributed by atoms with Crippen molar-refractivity contribution in [3.8, 4) is 0 Å². The van der Waals surface area contributed by atoms with E-state index in [1.165, 1.54) is 19.6 Å². The molecule has 0 radical (unpaired) electrons. The average Bonchev–Trinajstić information content (AvgIpc) is 2.73. The third-order valence-electron chi connectivity index (χ3n) is 2.54. The number of amides is 1. The van der Waals surface area contributed by atoms with Crippen LogP contribution in [-0.4, -0.2) is 12.1 Å². The summed E-state index contributed by atoms with van der Waals surface area (Å²) in [4.78, 5) is 10.5. The SMILES string of the molecule is CC(=O)N/N=C\c1ccc([C@@H]2C[C@H]2C)o1. The Balaban J connectivity index is 1.95. The van der Waals surface area contributed by atoms with Crippen molar-refractivity contribution in [1.82, 2.24) is 5.43 Å². The van der Waals surface area contributed by atoms with Crippen molar-refractivity contribution in [3.05, 3.63) is 23.7 Å². The van der Waals surface area contributed by atoms with E-state index in [0.29, 0.717) is 11.7 Å². The van der Waals surface area contributed by atoms with E-state index in [0.717, 1.165) is 11.7 Å². The number of rotatable bonds is 3. The maximum absolute atomic E-state index is 10.5. The third-order valence-corrected chi connectivity index (χ3v) is 2.54. The summed E-state index contributed by atoms with van der Waals surface area (Å²) in [5.74, 6) is 2.82. The predicted octanol–water partition coefficient (Wildman–Crippen LogP) is 1.87. The molecule has 1 fully saturated rings. The molecule has 1 N–H and O–H groups in total. The molecule has 2 rings (SSSR count). The molecule has 1 heterocycles. The fourth-order valence-corrected chi connectivity index (χ4v) is 1.54. The first-order valence-electron chi connectivity index (χ1n) is 5.06. The highest BCUT2D eigenvalue weighted by molar-refractivity contribution is 5.79. The number of hydrogen-bond donors (Lipinski definition) is 1. The Morgan fingerprint density at radius 2 is 2.40 bits per heavy atom. The van der Waals surface area contributed by atoms with Gasteiger partial charge in [-0.3, -0.25) is 4.79 Å². The van der Waals surface area contributed by atoms with Gasteiger partial charge in [-0.2, -0.15) is 5.10 Å². The van der Waals surface area contributed by atoms with E-state index in [9.17, 15) is 4.79 Å². The maximum atomic E-state index is 10.5. The highest BCUT2D eigenvalue weighted by Gasteiger charge is 2.36. The van der Waals surface area contributed by atoms with Crippen LogP contribution in [0.1, 0.15) is 37.7 Å². The van der Waals surface area contributed by atoms with Crippen LogP contribution < -0.4 is 5.43 Å². The van der Waals surface area contributed by atoms with Gasteiger partial charge in [0.25, 0.3) is 0 Å². The molecular weight excluding hydrogens is 192 g/mol. The zero-order chi connectivity index (χ0) is 10.8. The molecule has 2 atom stereocenters. The Labute approximate surface area is 88.4 Å². The summed E-state index contributed by atoms with van der Waals surface area (Å²) < 4.78 is 5.56. The van der Waals surface area contributed by atoms with Gasteiger partial charge in [-0.25, -0.2) is 5.43 Å². The van der Waals surface area contributed by atoms with Crippen LogP contribution in [0.4, 0.5) is 0 Å². The molecule has 1 aromatic heterocycles. The molecule has 0 spiro atoms. The lowest BCUT2D eigenvalue weighted by molar-refractivity contribution is -0.118. The number of carbonyl (C=O) groups excluding carboxylic acids is 1. The van der Waals surface area contributed by atoms with Crippen LogP contribution in [0.3, 0.4) is 0 Å². The summed E-state index contributed by atoms with van der Waals surface area (Å²) in [6.45, 7) is 3.62. The van der Waals surface area contributed by atoms with Crippen LogP contribution >= 0.6 is 0 Å². The Kier molecular flexibility index (Phi) is 2.58. The summed E-state index contributed by atoms with van der Waals surface area (Å²) in [6, 6.07) is 3.84. The predicted molar refractivity (Wildman–Crippen MR) is 56.6 cm³/mol. The molecule has 4 nitrogen and oxygen atoms in total. The van der Waals surface area contributed by atoms with Crippen LogP contribution in [0.2, 0.25) is 0 Å². The highest BCUT2D eigenvalue weighted by atomic mass is 16.3. The normalized spacial score (nSPS) is 24.4. The van der Waals surface area contributed by atoms with E-state index in [1.807, 2.05) is 12.1 Å². The van der Waals surface area contributed by atoms with Gasteiger partial charge < -0.3 is 4.42 Å². The molecule has 0 bridgehead atoms. The summed E-state index contributed by atoms with van der Waals surface area (Å²) in [7, 11) is 0. The number of nitrogens with one attached hydrogen (secondary N) is 1. The monoisotopic (exact) mass is 206 g/mol. The van der Waals surface area contributed by atoms with E-state index >= 15 is 0 Å². The Bertz CT molecular complexity index is 395. The zero-order valence-corrected chi connectivity index (χ0v) is 8.86. The minimum atomic E-state index is -0.186. The largest absolute Gasteiger partial charge is 0.460 e. The van der Waals surface area contributed by atoms with Crippen LogP contribution in [-0.2, 0) is 4.79 Å². The van der Waals surface area contributed by atoms with Crippen LogP contribution in [0.15, 0.2) is 21.7 Å². The van der Waals surface area contributed by atoms with Crippen molar-refractivity contribution in [2.24, 2.45) is 11.0 Å². The molecule has 1 saturated carbocycles. The minimum Gasteiger partial charge on any atom is -0.460 e. The lowest BCUT2D eigenvalue weighted by Crippen LogP contribution is -2.12. The molecule has 0 aromatic carbocycles. The number of furan rings is 1. The van der Waals surface area contributed by atoms with E-state index in [1.54, 1.807) is 0 Å². The van der Waals surface area contributed by atoms with Gasteiger partial charge in [-0.05, 0) is 24.5 Å². The Morgan fingerprint density at radius 3 is 3.00 bits per heavy atom. The Hall–Kier alpha value is -1.58. The lowest BCUT2D eigenvalue weighted by atomic mass is 10.3. The van der Waals surface area contributed by atoms with Crippen LogP contribution in [0.25, 0.3) is 0 Å². The summed E-state index contributed by atoms with van der Waals surface area (Å²) in [5.41, 5.74) is 2.33. The third kappa shape index (κ3) is 2.46. The number of carbonyl (C=O) groups is 1. The first-order chi connectivity index (χ1) is 7.16. The second kappa shape index (κ2) is 3.88. The van der Waals surface area contributed by atoms with Gasteiger partial charge in [-0.1, -0.05) is 6.92 Å². The first-order valence-corrected chi connectivity index (χ1v) is 5.06. The molecule has 0 aliphatic heterocycles. The minimum absolute atomic E-state index is 0.186. The summed E-state index contributed by atoms with van der Waals surface area (Å²) in [5, 5.41) is 3.73. The smallest absolute Gasteiger partial charge is 0.236 e. The number of nitrogens with zero attached hydrogens (tertiary/aromatic N) is 1. The van der Waals surface area contributed by atoms with Gasteiger partial charge >= 0.3 is 0 Å². The van der Waals surface area contributed by atoms with E-state index in [-0.39, 0.29) is 5.91 Å². The molecule has 1 aliphatic rings. The van der Waals surface area contributed by atoms with Crippen molar-refractivity contribution in [2.45, 2.75) is 26.2 Å². The van der Waals surface area contributed by atoms with E-state index in [2.05, 4.69) is 17.5 Å². The quantitative estimate of drug-likeness (QED) is 0.606. The molecule has 80 valence electrons. The van der Waals surface area contributed by atoms with Gasteiger partial charge in [-0.15, -0.1) is 0 Å². The topological polar surface area (TPSA) is 54.6 Å². The zero-order valence-electron chi connectivity index (χ0n) is 8.86. The van der Waals surface area contributed by atoms with Crippen LogP contribution in [0, 0.1) is 5.92 Å². The average molecular weight is 206 g/mol. The fourth-order valence-electron chi connectivity index (χ4n) is 1.54. The summed E-state index contributed by atoms with van der Waals surface area (Å²) in [6.07, 6.45) is 2.72. The lowest BCUT2D eigenvalue weighted by Gasteiger charge is -1.91. The molecule has 1 aliphatic carbocycles. The second-order valence-electron chi connectivity index (χ2n) is 3.99. The Morgan fingerprint density at radius 1 is 1.67 bits per heavy atom. The maximum Gasteiger partial charge on any atom is 0.236 e. The molecule has 1 aromatic rings. The van der Waals surface area contributed by atoms with Gasteiger partial charge in [0.15, 0.2) is 0 Å². The fraction of sp³-hybridized carbons (Fsp3) is 0.455. The summed E-state index contributed by atoms with van der Waals surface area (Å²) >= 11 is 0. The second-order valence-corrected chi connectivity index (χ2v) is 3.99. The molecule has 0 unspecified atom stereocenters. The van der Waals surface area contributed by atoms with Gasteiger partial charge in [0.05, 0.1) is 6.21 Å². The standard InChI is InChI=1S/C11H14N2O2/c1-7-5-10(7)11-4-3-9(15-11)6-12-13-8(2)14/h3-4,6-7,10H,5H2,1-2H3,(H,13,14)/b12-6-/t7-,10-/m1/s1. The highest BCUT2D eigenvalue weighted by Crippen LogP contribution is 2.47. The number of hydrazone groups is 1. The van der Waals surface area contributed by atoms with Crippen molar-refractivity contribution >= 4 is 12.1 Å². The van der Waals surface area contributed by atoms with Crippen LogP contribution in [0.5, 0.6) is 0 Å². The molecule has 4 heteroatoms. The van der Waals surface area contributed by atoms with Crippen molar-refractivity contribution in [3.63, 3.8) is 0 Å². The number of hydrogen-bond acceptors (Lipinski definition) is 3. The van der Waals surface area contributed by atoms with E-state index in [4.69, 9.17) is 4.42 Å². The molecule has 15 heavy (non-hydrogen) atoms. The van der Waals surface area contributed by atoms with Gasteiger partial charge in [0.2, 0.25) is 5.91 Å². The van der Waals surface area contributed by atoms with Crippen molar-refractivity contribution in [1.29, 1.82) is 0 Å². The first kappa shape index (κ1) is 9.96. The van der Waals surface area contributed by atoms with Gasteiger partial charge in [0, 0.05) is 12.8 Å². The van der Waals surface area contributed by atoms with Gasteiger partial charge in [0.1, 0.15) is 11.5 Å². The van der Waals surface area contributed by atoms with E-state index < -0.39 is 0 Å². The molecule has 1 amide bonds. The van der Waals surface area contributed by atoms with Crippen molar-refractivity contribution in [2.75, 3.05) is 0 Å². The molecule has 0 saturated heterocycles. The van der Waals surface area contributed by atoms with Crippen molar-refractivity contribution < 1.29 is 9.21 Å².